The van der Waals surface area contributed by atoms with Gasteiger partial charge in [0.1, 0.15) is 0 Å². The third-order valence-corrected chi connectivity index (χ3v) is 2.80. The molecule has 72 valence electrons. The molecule has 0 saturated carbocycles. The summed E-state index contributed by atoms with van der Waals surface area (Å²) in [6, 6.07) is 2.02. The molecular formula is C6H6BrNO4S. The predicted octanol–water partition coefficient (Wildman–Crippen LogP) is 0.984. The fraction of sp³-hybridized carbons (Fsp3) is 0. The highest BCUT2D eigenvalue weighted by molar-refractivity contribution is 9.10. The van der Waals surface area contributed by atoms with Crippen LogP contribution in [-0.4, -0.2) is 18.1 Å². The lowest BCUT2D eigenvalue weighted by Gasteiger charge is -2.03. The van der Waals surface area contributed by atoms with Crippen LogP contribution >= 0.6 is 15.9 Å². The predicted molar refractivity (Wildman–Crippen MR) is 50.0 cm³/mol. The molecule has 0 aromatic heterocycles. The van der Waals surface area contributed by atoms with Crippen LogP contribution in [0.3, 0.4) is 0 Å². The normalized spacial score (nSPS) is 11.5. The first-order valence-corrected chi connectivity index (χ1v) is 5.31. The van der Waals surface area contributed by atoms with Crippen molar-refractivity contribution in [1.82, 2.24) is 0 Å². The van der Waals surface area contributed by atoms with Gasteiger partial charge in [0.05, 0.1) is 15.1 Å². The molecule has 0 radical (unpaired) electrons. The zero-order chi connectivity index (χ0) is 10.2. The van der Waals surface area contributed by atoms with Crippen LogP contribution in [0, 0.1) is 0 Å². The van der Waals surface area contributed by atoms with Gasteiger partial charge in [0.25, 0.3) is 10.1 Å². The standard InChI is InChI=1S/C6H6BrNO4S/c7-4-1-3(13(10,11)12)2-5(8)6(4)9/h1-2,9H,8H2,(H,10,11,12). The van der Waals surface area contributed by atoms with Crippen LogP contribution in [0.4, 0.5) is 5.69 Å². The average Bonchev–Trinajstić information content (AvgIpc) is 1.97. The molecule has 13 heavy (non-hydrogen) atoms. The van der Waals surface area contributed by atoms with E-state index in [0.29, 0.717) is 0 Å². The summed E-state index contributed by atoms with van der Waals surface area (Å²) in [5.41, 5.74) is 5.14. The zero-order valence-corrected chi connectivity index (χ0v) is 8.63. The van der Waals surface area contributed by atoms with Crippen molar-refractivity contribution in [2.45, 2.75) is 4.90 Å². The summed E-state index contributed by atoms with van der Waals surface area (Å²) in [6.07, 6.45) is 0. The fourth-order valence-corrected chi connectivity index (χ4v) is 1.91. The number of aromatic hydroxyl groups is 1. The van der Waals surface area contributed by atoms with E-state index >= 15 is 0 Å². The van der Waals surface area contributed by atoms with Crippen LogP contribution in [0.2, 0.25) is 0 Å². The number of benzene rings is 1. The third-order valence-electron chi connectivity index (χ3n) is 1.36. The van der Waals surface area contributed by atoms with Crippen molar-refractivity contribution >= 4 is 31.7 Å². The van der Waals surface area contributed by atoms with Crippen LogP contribution in [0.1, 0.15) is 0 Å². The van der Waals surface area contributed by atoms with Crippen LogP contribution in [0.5, 0.6) is 5.75 Å². The molecule has 0 aliphatic rings. The van der Waals surface area contributed by atoms with Crippen molar-refractivity contribution < 1.29 is 18.1 Å². The van der Waals surface area contributed by atoms with Gasteiger partial charge in [-0.15, -0.1) is 0 Å². The van der Waals surface area contributed by atoms with E-state index in [0.717, 1.165) is 12.1 Å². The Labute approximate surface area is 83.1 Å². The first kappa shape index (κ1) is 10.3. The molecule has 5 nitrogen and oxygen atoms in total. The SMILES string of the molecule is Nc1cc(S(=O)(=O)O)cc(Br)c1O. The van der Waals surface area contributed by atoms with Gasteiger partial charge in [-0.3, -0.25) is 4.55 Å². The molecule has 1 aromatic carbocycles. The number of nitrogens with two attached hydrogens (primary N) is 1. The first-order valence-electron chi connectivity index (χ1n) is 3.08. The Balaban J connectivity index is 3.47. The lowest BCUT2D eigenvalue weighted by Crippen LogP contribution is -1.99. The van der Waals surface area contributed by atoms with E-state index in [1.165, 1.54) is 0 Å². The highest BCUT2D eigenvalue weighted by Crippen LogP contribution is 2.32. The van der Waals surface area contributed by atoms with Crippen molar-refractivity contribution in [3.63, 3.8) is 0 Å². The van der Waals surface area contributed by atoms with Gasteiger partial charge in [0, 0.05) is 0 Å². The summed E-state index contributed by atoms with van der Waals surface area (Å²) in [7, 11) is -4.29. The van der Waals surface area contributed by atoms with E-state index in [1.807, 2.05) is 0 Å². The Bertz CT molecular complexity index is 419. The Morgan fingerprint density at radius 1 is 1.38 bits per heavy atom. The number of halogens is 1. The van der Waals surface area contributed by atoms with E-state index < -0.39 is 10.1 Å². The molecule has 0 saturated heterocycles. The number of phenols is 1. The molecule has 7 heteroatoms. The van der Waals surface area contributed by atoms with Crippen LogP contribution in [-0.2, 0) is 10.1 Å². The van der Waals surface area contributed by atoms with Crippen LogP contribution in [0.25, 0.3) is 0 Å². The van der Waals surface area contributed by atoms with E-state index in [4.69, 9.17) is 15.4 Å². The first-order chi connectivity index (χ1) is 5.82. The Morgan fingerprint density at radius 2 is 1.92 bits per heavy atom. The van der Waals surface area contributed by atoms with E-state index in [9.17, 15) is 8.42 Å². The van der Waals surface area contributed by atoms with Crippen molar-refractivity contribution in [3.8, 4) is 5.75 Å². The molecule has 0 bridgehead atoms. The molecule has 0 heterocycles. The van der Waals surface area contributed by atoms with Crippen LogP contribution in [0.15, 0.2) is 21.5 Å². The van der Waals surface area contributed by atoms with Gasteiger partial charge in [0.15, 0.2) is 5.75 Å². The quantitative estimate of drug-likeness (QED) is 0.400. The summed E-state index contributed by atoms with van der Waals surface area (Å²) < 4.78 is 30.0. The van der Waals surface area contributed by atoms with E-state index in [-0.39, 0.29) is 20.8 Å². The van der Waals surface area contributed by atoms with Gasteiger partial charge < -0.3 is 10.8 Å². The maximum absolute atomic E-state index is 10.6. The molecule has 1 rings (SSSR count). The van der Waals surface area contributed by atoms with E-state index in [2.05, 4.69) is 15.9 Å². The second-order valence-electron chi connectivity index (χ2n) is 2.32. The van der Waals surface area contributed by atoms with Crippen molar-refractivity contribution in [3.05, 3.63) is 16.6 Å². The molecule has 0 aliphatic heterocycles. The highest BCUT2D eigenvalue weighted by Gasteiger charge is 2.14. The van der Waals surface area contributed by atoms with Crippen LogP contribution < -0.4 is 5.73 Å². The minimum absolute atomic E-state index is 0.111. The van der Waals surface area contributed by atoms with Gasteiger partial charge in [-0.25, -0.2) is 0 Å². The average molecular weight is 268 g/mol. The van der Waals surface area contributed by atoms with Gasteiger partial charge in [-0.1, -0.05) is 0 Å². The largest absolute Gasteiger partial charge is 0.505 e. The molecule has 0 fully saturated rings. The minimum Gasteiger partial charge on any atom is -0.505 e. The summed E-state index contributed by atoms with van der Waals surface area (Å²) in [5.74, 6) is -0.257. The highest BCUT2D eigenvalue weighted by atomic mass is 79.9. The zero-order valence-electron chi connectivity index (χ0n) is 6.23. The number of rotatable bonds is 1. The molecule has 0 aliphatic carbocycles. The molecule has 0 spiro atoms. The summed E-state index contributed by atoms with van der Waals surface area (Å²) in [4.78, 5) is -0.366. The summed E-state index contributed by atoms with van der Waals surface area (Å²) >= 11 is 2.88. The van der Waals surface area contributed by atoms with E-state index in [1.54, 1.807) is 0 Å². The van der Waals surface area contributed by atoms with Gasteiger partial charge in [0.2, 0.25) is 0 Å². The Hall–Kier alpha value is -0.790. The number of hydrogen-bond acceptors (Lipinski definition) is 4. The Kier molecular flexibility index (Phi) is 2.51. The number of hydrogen-bond donors (Lipinski definition) is 3. The number of anilines is 1. The summed E-state index contributed by atoms with van der Waals surface area (Å²) in [5, 5.41) is 9.15. The number of nitrogen functional groups attached to an aromatic ring is 1. The van der Waals surface area contributed by atoms with Crippen molar-refractivity contribution in [1.29, 1.82) is 0 Å². The molecule has 4 N–H and O–H groups in total. The van der Waals surface area contributed by atoms with Gasteiger partial charge in [-0.2, -0.15) is 8.42 Å². The molecule has 0 unspecified atom stereocenters. The monoisotopic (exact) mass is 267 g/mol. The van der Waals surface area contributed by atoms with Crippen molar-refractivity contribution in [2.24, 2.45) is 0 Å². The maximum atomic E-state index is 10.6. The number of phenolic OH excluding ortho intramolecular Hbond substituents is 1. The van der Waals surface area contributed by atoms with Gasteiger partial charge in [-0.05, 0) is 28.1 Å². The van der Waals surface area contributed by atoms with Gasteiger partial charge >= 0.3 is 0 Å². The fourth-order valence-electron chi connectivity index (χ4n) is 0.743. The molecule has 1 aromatic rings. The Morgan fingerprint density at radius 3 is 2.31 bits per heavy atom. The lowest BCUT2D eigenvalue weighted by molar-refractivity contribution is 0.472. The molecule has 0 amide bonds. The summed E-state index contributed by atoms with van der Waals surface area (Å²) in [6.45, 7) is 0. The second-order valence-corrected chi connectivity index (χ2v) is 4.59. The third kappa shape index (κ3) is 2.11. The second kappa shape index (κ2) is 3.17. The lowest BCUT2D eigenvalue weighted by atomic mass is 10.3. The molecular weight excluding hydrogens is 262 g/mol. The molecule has 0 atom stereocenters. The minimum atomic E-state index is -4.29. The maximum Gasteiger partial charge on any atom is 0.294 e. The smallest absolute Gasteiger partial charge is 0.294 e. The topological polar surface area (TPSA) is 101 Å². The van der Waals surface area contributed by atoms with Crippen molar-refractivity contribution in [2.75, 3.05) is 5.73 Å².